The second-order valence-corrected chi connectivity index (χ2v) is 10.9. The minimum absolute atomic E-state index is 0.0478. The second-order valence-electron chi connectivity index (χ2n) is 8.00. The highest BCUT2D eigenvalue weighted by Gasteiger charge is 2.46. The summed E-state index contributed by atoms with van der Waals surface area (Å²) >= 11 is 12.4. The van der Waals surface area contributed by atoms with Gasteiger partial charge in [0, 0.05) is 18.3 Å². The molecule has 0 N–H and O–H groups in total. The van der Waals surface area contributed by atoms with Gasteiger partial charge >= 0.3 is 0 Å². The number of hydrogen-bond acceptors (Lipinski definition) is 7. The van der Waals surface area contributed by atoms with Crippen LogP contribution >= 0.6 is 23.2 Å². The van der Waals surface area contributed by atoms with E-state index in [0.717, 1.165) is 10.00 Å². The average molecular weight is 512 g/mol. The first-order valence-corrected chi connectivity index (χ1v) is 12.6. The van der Waals surface area contributed by atoms with E-state index < -0.39 is 33.1 Å². The standard InChI is InChI=1S/C21H23Cl2N5O4S/c1-5-27(33(30,31)17-10-32-26-12(17)3)21(29)19-13(4)24-18-8-11(2)25-28(18)20(19)14-6-7-15(22)16(23)9-14/h6-9,17,19-20H,5,10H2,1-4H3. The lowest BCUT2D eigenvalue weighted by molar-refractivity contribution is -0.129. The highest BCUT2D eigenvalue weighted by molar-refractivity contribution is 7.91. The third kappa shape index (κ3) is 4.04. The van der Waals surface area contributed by atoms with Gasteiger partial charge < -0.3 is 4.84 Å². The Balaban J connectivity index is 1.83. The number of fused-ring (bicyclic) bond motifs is 1. The number of amides is 1. The maximum Gasteiger partial charge on any atom is 0.249 e. The maximum absolute atomic E-state index is 13.9. The first kappa shape index (κ1) is 23.7. The Labute approximate surface area is 202 Å². The lowest BCUT2D eigenvalue weighted by atomic mass is 9.87. The summed E-state index contributed by atoms with van der Waals surface area (Å²) in [7, 11) is -4.07. The van der Waals surface area contributed by atoms with Crippen molar-refractivity contribution in [2.45, 2.75) is 39.0 Å². The normalized spacial score (nSPS) is 22.3. The van der Waals surface area contributed by atoms with Crippen molar-refractivity contribution in [1.82, 2.24) is 14.1 Å². The van der Waals surface area contributed by atoms with E-state index in [1.165, 1.54) is 0 Å². The molecule has 2 aliphatic rings. The number of aliphatic imine (C=N–C) groups is 1. The first-order chi connectivity index (χ1) is 15.6. The summed E-state index contributed by atoms with van der Waals surface area (Å²) in [5, 5.41) is 7.94. The number of sulfonamides is 1. The van der Waals surface area contributed by atoms with Gasteiger partial charge in [0.25, 0.3) is 0 Å². The Bertz CT molecular complexity index is 1290. The number of oxime groups is 1. The number of carbonyl (C=O) groups excluding carboxylic acids is 1. The molecule has 4 rings (SSSR count). The van der Waals surface area contributed by atoms with Crippen LogP contribution in [0.2, 0.25) is 10.0 Å². The Kier molecular flexibility index (Phi) is 6.28. The van der Waals surface area contributed by atoms with Gasteiger partial charge in [-0.15, -0.1) is 0 Å². The summed E-state index contributed by atoms with van der Waals surface area (Å²) in [4.78, 5) is 23.4. The van der Waals surface area contributed by atoms with Gasteiger partial charge in [-0.1, -0.05) is 34.4 Å². The van der Waals surface area contributed by atoms with Crippen molar-refractivity contribution in [2.24, 2.45) is 16.1 Å². The summed E-state index contributed by atoms with van der Waals surface area (Å²) in [6, 6.07) is 6.21. The van der Waals surface area contributed by atoms with Crippen molar-refractivity contribution < 1.29 is 18.0 Å². The molecule has 3 atom stereocenters. The maximum atomic E-state index is 13.9. The molecule has 3 unspecified atom stereocenters. The van der Waals surface area contributed by atoms with Crippen molar-refractivity contribution >= 4 is 56.4 Å². The number of rotatable bonds is 5. The van der Waals surface area contributed by atoms with Gasteiger partial charge in [0.1, 0.15) is 12.5 Å². The van der Waals surface area contributed by atoms with Crippen LogP contribution < -0.4 is 0 Å². The van der Waals surface area contributed by atoms with E-state index in [1.54, 1.807) is 49.7 Å². The molecule has 3 heterocycles. The van der Waals surface area contributed by atoms with E-state index >= 15 is 0 Å². The van der Waals surface area contributed by atoms with Gasteiger partial charge in [0.05, 0.1) is 27.5 Å². The van der Waals surface area contributed by atoms with Crippen LogP contribution in [-0.2, 0) is 19.7 Å². The molecule has 0 radical (unpaired) electrons. The molecular formula is C21H23Cl2N5O4S. The number of aromatic nitrogens is 2. The number of nitrogens with zero attached hydrogens (tertiary/aromatic N) is 5. The first-order valence-electron chi connectivity index (χ1n) is 10.3. The van der Waals surface area contributed by atoms with Crippen molar-refractivity contribution in [3.63, 3.8) is 0 Å². The van der Waals surface area contributed by atoms with Crippen LogP contribution in [0.5, 0.6) is 0 Å². The Morgan fingerprint density at radius 3 is 2.52 bits per heavy atom. The van der Waals surface area contributed by atoms with Crippen LogP contribution in [-0.4, -0.2) is 58.2 Å². The van der Waals surface area contributed by atoms with E-state index in [2.05, 4.69) is 15.2 Å². The van der Waals surface area contributed by atoms with E-state index in [-0.39, 0.29) is 13.2 Å². The molecule has 0 saturated heterocycles. The van der Waals surface area contributed by atoms with Gasteiger partial charge in [-0.25, -0.2) is 22.4 Å². The molecule has 1 amide bonds. The zero-order chi connectivity index (χ0) is 24.1. The molecule has 0 aliphatic carbocycles. The molecule has 12 heteroatoms. The van der Waals surface area contributed by atoms with Crippen molar-refractivity contribution in [3.8, 4) is 0 Å². The molecule has 1 aromatic carbocycles. The van der Waals surface area contributed by atoms with E-state index in [1.807, 2.05) is 6.92 Å². The summed E-state index contributed by atoms with van der Waals surface area (Å²) in [6.45, 7) is 6.54. The molecule has 0 fully saturated rings. The molecule has 0 saturated carbocycles. The third-order valence-corrected chi connectivity index (χ3v) is 8.80. The summed E-state index contributed by atoms with van der Waals surface area (Å²) < 4.78 is 29.3. The fourth-order valence-electron chi connectivity index (χ4n) is 4.21. The van der Waals surface area contributed by atoms with Crippen LogP contribution in [0.1, 0.15) is 38.1 Å². The molecule has 176 valence electrons. The largest absolute Gasteiger partial charge is 0.394 e. The number of aryl methyl sites for hydroxylation is 1. The summed E-state index contributed by atoms with van der Waals surface area (Å²) in [5.41, 5.74) is 2.16. The smallest absolute Gasteiger partial charge is 0.249 e. The minimum Gasteiger partial charge on any atom is -0.394 e. The van der Waals surface area contributed by atoms with Crippen LogP contribution in [0.3, 0.4) is 0 Å². The fourth-order valence-corrected chi connectivity index (χ4v) is 6.26. The topological polar surface area (TPSA) is 106 Å². The van der Waals surface area contributed by atoms with Crippen LogP contribution in [0.15, 0.2) is 34.4 Å². The molecule has 0 bridgehead atoms. The SMILES string of the molecule is CCN(C(=O)C1C(C)=Nc2cc(C)nn2C1c1ccc(Cl)c(Cl)c1)S(=O)(=O)C1CON=C1C. The van der Waals surface area contributed by atoms with E-state index in [9.17, 15) is 13.2 Å². The average Bonchev–Trinajstić information content (AvgIpc) is 3.34. The van der Waals surface area contributed by atoms with Crippen molar-refractivity contribution in [1.29, 1.82) is 0 Å². The fraction of sp³-hybridized carbons (Fsp3) is 0.429. The van der Waals surface area contributed by atoms with E-state index in [0.29, 0.717) is 32.8 Å². The number of carbonyl (C=O) groups is 1. The molecule has 2 aromatic rings. The summed E-state index contributed by atoms with van der Waals surface area (Å²) in [5.74, 6) is -0.958. The van der Waals surface area contributed by atoms with Crippen LogP contribution in [0.25, 0.3) is 0 Å². The minimum atomic E-state index is -4.07. The lowest BCUT2D eigenvalue weighted by Crippen LogP contribution is -2.51. The lowest BCUT2D eigenvalue weighted by Gasteiger charge is -2.35. The Morgan fingerprint density at radius 1 is 1.18 bits per heavy atom. The molecule has 33 heavy (non-hydrogen) atoms. The molecule has 1 aromatic heterocycles. The quantitative estimate of drug-likeness (QED) is 0.607. The van der Waals surface area contributed by atoms with Gasteiger partial charge in [0.2, 0.25) is 15.9 Å². The zero-order valence-corrected chi connectivity index (χ0v) is 20.8. The zero-order valence-electron chi connectivity index (χ0n) is 18.5. The third-order valence-electron chi connectivity index (χ3n) is 5.81. The predicted octanol–water partition coefficient (Wildman–Crippen LogP) is 3.76. The molecule has 2 aliphatic heterocycles. The van der Waals surface area contributed by atoms with Crippen LogP contribution in [0.4, 0.5) is 5.82 Å². The predicted molar refractivity (Wildman–Crippen MR) is 127 cm³/mol. The second kappa shape index (κ2) is 8.73. The monoisotopic (exact) mass is 511 g/mol. The van der Waals surface area contributed by atoms with Crippen molar-refractivity contribution in [2.75, 3.05) is 13.2 Å². The molecule has 9 nitrogen and oxygen atoms in total. The molecular weight excluding hydrogens is 489 g/mol. The van der Waals surface area contributed by atoms with Gasteiger partial charge in [0.15, 0.2) is 11.1 Å². The van der Waals surface area contributed by atoms with Gasteiger partial charge in [-0.3, -0.25) is 4.79 Å². The highest BCUT2D eigenvalue weighted by atomic mass is 35.5. The highest BCUT2D eigenvalue weighted by Crippen LogP contribution is 2.39. The number of benzene rings is 1. The van der Waals surface area contributed by atoms with Gasteiger partial charge in [-0.05, 0) is 45.4 Å². The van der Waals surface area contributed by atoms with Crippen molar-refractivity contribution in [3.05, 3.63) is 45.6 Å². The van der Waals surface area contributed by atoms with Gasteiger partial charge in [-0.2, -0.15) is 5.10 Å². The Morgan fingerprint density at radius 2 is 1.91 bits per heavy atom. The number of halogens is 2. The Hall–Kier alpha value is -2.43. The molecule has 0 spiro atoms. The van der Waals surface area contributed by atoms with E-state index in [4.69, 9.17) is 28.0 Å². The van der Waals surface area contributed by atoms with Crippen LogP contribution in [0, 0.1) is 12.8 Å². The summed E-state index contributed by atoms with van der Waals surface area (Å²) in [6.07, 6.45) is 0. The number of hydrogen-bond donors (Lipinski definition) is 0.